The molecule has 0 aliphatic heterocycles. The third-order valence-corrected chi connectivity index (χ3v) is 3.19. The summed E-state index contributed by atoms with van der Waals surface area (Å²) in [6, 6.07) is 14.3. The summed E-state index contributed by atoms with van der Waals surface area (Å²) in [5.41, 5.74) is 2.00. The number of rotatable bonds is 5. The van der Waals surface area contributed by atoms with E-state index in [-0.39, 0.29) is 12.4 Å². The molecule has 2 rings (SSSR count). The molecule has 0 saturated heterocycles. The van der Waals surface area contributed by atoms with Crippen LogP contribution in [0.3, 0.4) is 0 Å². The fraction of sp³-hybridized carbons (Fsp3) is 0.278. The van der Waals surface area contributed by atoms with E-state index in [9.17, 15) is 9.65 Å². The van der Waals surface area contributed by atoms with Gasteiger partial charge in [-0.05, 0) is 30.0 Å². The summed E-state index contributed by atoms with van der Waals surface area (Å²) in [5, 5.41) is 9.36. The van der Waals surface area contributed by atoms with Crippen LogP contribution in [0.25, 0.3) is 0 Å². The van der Waals surface area contributed by atoms with Crippen LogP contribution in [0.5, 0.6) is 5.75 Å². The SMILES string of the molecule is CC(C)Cc1cccc(OCc2ccccc2F)c1C#N. The van der Waals surface area contributed by atoms with E-state index in [1.165, 1.54) is 6.07 Å². The maximum atomic E-state index is 13.6. The first-order valence-corrected chi connectivity index (χ1v) is 7.00. The van der Waals surface area contributed by atoms with E-state index in [2.05, 4.69) is 19.9 Å². The van der Waals surface area contributed by atoms with E-state index >= 15 is 0 Å². The van der Waals surface area contributed by atoms with E-state index in [1.54, 1.807) is 24.3 Å². The lowest BCUT2D eigenvalue weighted by molar-refractivity contribution is 0.298. The lowest BCUT2D eigenvalue weighted by atomic mass is 9.98. The monoisotopic (exact) mass is 283 g/mol. The zero-order valence-electron chi connectivity index (χ0n) is 12.3. The number of halogens is 1. The number of hydrogen-bond acceptors (Lipinski definition) is 2. The summed E-state index contributed by atoms with van der Waals surface area (Å²) in [5.74, 6) is 0.673. The molecular formula is C18H18FNO. The molecule has 0 radical (unpaired) electrons. The highest BCUT2D eigenvalue weighted by Crippen LogP contribution is 2.25. The minimum atomic E-state index is -0.297. The predicted molar refractivity (Wildman–Crippen MR) is 80.4 cm³/mol. The Bertz CT molecular complexity index is 659. The molecule has 0 aromatic heterocycles. The minimum absolute atomic E-state index is 0.118. The topological polar surface area (TPSA) is 33.0 Å². The second kappa shape index (κ2) is 6.90. The first kappa shape index (κ1) is 15.1. The van der Waals surface area contributed by atoms with Gasteiger partial charge in [0.1, 0.15) is 24.2 Å². The molecule has 0 saturated carbocycles. The second-order valence-electron chi connectivity index (χ2n) is 5.38. The van der Waals surface area contributed by atoms with Gasteiger partial charge in [0, 0.05) is 5.56 Å². The molecule has 0 heterocycles. The Morgan fingerprint density at radius 3 is 2.48 bits per heavy atom. The van der Waals surface area contributed by atoms with Gasteiger partial charge in [0.2, 0.25) is 0 Å². The van der Waals surface area contributed by atoms with Gasteiger partial charge in [-0.1, -0.05) is 44.2 Å². The van der Waals surface area contributed by atoms with Gasteiger partial charge in [-0.3, -0.25) is 0 Å². The van der Waals surface area contributed by atoms with Crippen LogP contribution >= 0.6 is 0 Å². The van der Waals surface area contributed by atoms with Crippen LogP contribution in [-0.4, -0.2) is 0 Å². The molecule has 2 nitrogen and oxygen atoms in total. The summed E-state index contributed by atoms with van der Waals surface area (Å²) in [7, 11) is 0. The van der Waals surface area contributed by atoms with E-state index in [0.29, 0.717) is 22.8 Å². The average molecular weight is 283 g/mol. The zero-order valence-corrected chi connectivity index (χ0v) is 12.3. The first-order valence-electron chi connectivity index (χ1n) is 7.00. The minimum Gasteiger partial charge on any atom is -0.487 e. The summed E-state index contributed by atoms with van der Waals surface area (Å²) < 4.78 is 19.2. The molecule has 0 N–H and O–H groups in total. The Morgan fingerprint density at radius 2 is 1.81 bits per heavy atom. The van der Waals surface area contributed by atoms with E-state index in [4.69, 9.17) is 4.74 Å². The van der Waals surface area contributed by atoms with Crippen molar-refractivity contribution in [3.05, 3.63) is 65.0 Å². The molecule has 0 unspecified atom stereocenters. The lowest BCUT2D eigenvalue weighted by Crippen LogP contribution is -2.03. The van der Waals surface area contributed by atoms with Crippen molar-refractivity contribution in [1.29, 1.82) is 5.26 Å². The standard InChI is InChI=1S/C18H18FNO/c1-13(2)10-14-7-5-9-18(16(14)11-20)21-12-15-6-3-4-8-17(15)19/h3-9,13H,10,12H2,1-2H3. The molecule has 0 amide bonds. The molecule has 0 spiro atoms. The molecule has 108 valence electrons. The van der Waals surface area contributed by atoms with Crippen LogP contribution in [-0.2, 0) is 13.0 Å². The molecule has 0 atom stereocenters. The third-order valence-electron chi connectivity index (χ3n) is 3.19. The lowest BCUT2D eigenvalue weighted by Gasteiger charge is -2.12. The van der Waals surface area contributed by atoms with Crippen molar-refractivity contribution in [2.75, 3.05) is 0 Å². The average Bonchev–Trinajstić information content (AvgIpc) is 2.46. The van der Waals surface area contributed by atoms with Gasteiger partial charge in [0.25, 0.3) is 0 Å². The molecular weight excluding hydrogens is 265 g/mol. The number of nitrogens with zero attached hydrogens (tertiary/aromatic N) is 1. The van der Waals surface area contributed by atoms with Crippen LogP contribution in [0.1, 0.15) is 30.5 Å². The molecule has 0 fully saturated rings. The third kappa shape index (κ3) is 3.82. The maximum absolute atomic E-state index is 13.6. The van der Waals surface area contributed by atoms with Crippen LogP contribution in [0, 0.1) is 23.1 Å². The van der Waals surface area contributed by atoms with Crippen molar-refractivity contribution in [1.82, 2.24) is 0 Å². The highest BCUT2D eigenvalue weighted by Gasteiger charge is 2.11. The highest BCUT2D eigenvalue weighted by atomic mass is 19.1. The summed E-state index contributed by atoms with van der Waals surface area (Å²) in [4.78, 5) is 0. The van der Waals surface area contributed by atoms with Crippen molar-refractivity contribution in [3.8, 4) is 11.8 Å². The molecule has 21 heavy (non-hydrogen) atoms. The van der Waals surface area contributed by atoms with Crippen molar-refractivity contribution in [2.24, 2.45) is 5.92 Å². The second-order valence-corrected chi connectivity index (χ2v) is 5.38. The number of nitriles is 1. The Balaban J connectivity index is 2.21. The Kier molecular flexibility index (Phi) is 4.94. The Hall–Kier alpha value is -2.34. The van der Waals surface area contributed by atoms with Crippen LogP contribution in [0.15, 0.2) is 42.5 Å². The fourth-order valence-corrected chi connectivity index (χ4v) is 2.20. The van der Waals surface area contributed by atoms with Crippen LogP contribution in [0.2, 0.25) is 0 Å². The summed E-state index contributed by atoms with van der Waals surface area (Å²) >= 11 is 0. The normalized spacial score (nSPS) is 10.4. The predicted octanol–water partition coefficient (Wildman–Crippen LogP) is 4.47. The molecule has 0 bridgehead atoms. The molecule has 3 heteroatoms. The first-order chi connectivity index (χ1) is 10.1. The van der Waals surface area contributed by atoms with Crippen LogP contribution < -0.4 is 4.74 Å². The number of ether oxygens (including phenoxy) is 1. The van der Waals surface area contributed by atoms with Gasteiger partial charge in [-0.15, -0.1) is 0 Å². The maximum Gasteiger partial charge on any atom is 0.137 e. The smallest absolute Gasteiger partial charge is 0.137 e. The van der Waals surface area contributed by atoms with Gasteiger partial charge in [-0.2, -0.15) is 5.26 Å². The van der Waals surface area contributed by atoms with Gasteiger partial charge >= 0.3 is 0 Å². The molecule has 0 aliphatic carbocycles. The van der Waals surface area contributed by atoms with Crippen molar-refractivity contribution in [3.63, 3.8) is 0 Å². The largest absolute Gasteiger partial charge is 0.487 e. The summed E-state index contributed by atoms with van der Waals surface area (Å²) in [6.45, 7) is 4.33. The van der Waals surface area contributed by atoms with Gasteiger partial charge in [-0.25, -0.2) is 4.39 Å². The molecule has 2 aromatic carbocycles. The molecule has 2 aromatic rings. The Morgan fingerprint density at radius 1 is 1.10 bits per heavy atom. The van der Waals surface area contributed by atoms with Crippen LogP contribution in [0.4, 0.5) is 4.39 Å². The van der Waals surface area contributed by atoms with E-state index in [0.717, 1.165) is 12.0 Å². The fourth-order valence-electron chi connectivity index (χ4n) is 2.20. The van der Waals surface area contributed by atoms with E-state index < -0.39 is 0 Å². The molecule has 0 aliphatic rings. The zero-order chi connectivity index (χ0) is 15.2. The van der Waals surface area contributed by atoms with E-state index in [1.807, 2.05) is 12.1 Å². The van der Waals surface area contributed by atoms with Gasteiger partial charge < -0.3 is 4.74 Å². The summed E-state index contributed by atoms with van der Waals surface area (Å²) in [6.07, 6.45) is 0.819. The van der Waals surface area contributed by atoms with Gasteiger partial charge in [0.15, 0.2) is 0 Å². The highest BCUT2D eigenvalue weighted by molar-refractivity contribution is 5.49. The van der Waals surface area contributed by atoms with Crippen molar-refractivity contribution < 1.29 is 9.13 Å². The van der Waals surface area contributed by atoms with Crippen molar-refractivity contribution >= 4 is 0 Å². The number of benzene rings is 2. The Labute approximate surface area is 124 Å². The van der Waals surface area contributed by atoms with Gasteiger partial charge in [0.05, 0.1) is 5.56 Å². The number of hydrogen-bond donors (Lipinski definition) is 0. The van der Waals surface area contributed by atoms with Crippen molar-refractivity contribution in [2.45, 2.75) is 26.9 Å². The quantitative estimate of drug-likeness (QED) is 0.810.